The zero-order chi connectivity index (χ0) is 14.9. The summed E-state index contributed by atoms with van der Waals surface area (Å²) in [5.74, 6) is -2.72. The van der Waals surface area contributed by atoms with Gasteiger partial charge in [-0.15, -0.1) is 0 Å². The van der Waals surface area contributed by atoms with E-state index in [1.54, 1.807) is 6.07 Å². The lowest BCUT2D eigenvalue weighted by atomic mass is 10.2. The Balaban J connectivity index is 2.04. The summed E-state index contributed by atoms with van der Waals surface area (Å²) in [6.07, 6.45) is 0.352. The Morgan fingerprint density at radius 1 is 1.30 bits per heavy atom. The van der Waals surface area contributed by atoms with Crippen molar-refractivity contribution >= 4 is 35.1 Å². The van der Waals surface area contributed by atoms with E-state index in [2.05, 4.69) is 10.6 Å². The van der Waals surface area contributed by atoms with E-state index in [0.29, 0.717) is 17.7 Å². The Hall–Kier alpha value is -2.08. The molecule has 2 atom stereocenters. The summed E-state index contributed by atoms with van der Waals surface area (Å²) < 4.78 is 0. The lowest BCUT2D eigenvalue weighted by Gasteiger charge is -2.07. The number of amides is 2. The molecule has 2 rings (SSSR count). The number of nitrogens with one attached hydrogen (secondary N) is 2. The lowest BCUT2D eigenvalue weighted by Crippen LogP contribution is -2.19. The molecule has 1 aliphatic rings. The minimum Gasteiger partial charge on any atom is -0.481 e. The maximum atomic E-state index is 11.8. The Kier molecular flexibility index (Phi) is 3.94. The van der Waals surface area contributed by atoms with Gasteiger partial charge in [0.2, 0.25) is 5.91 Å². The van der Waals surface area contributed by atoms with Crippen LogP contribution in [-0.2, 0) is 9.59 Å². The molecule has 0 radical (unpaired) electrons. The van der Waals surface area contributed by atoms with Gasteiger partial charge in [0, 0.05) is 12.7 Å². The quantitative estimate of drug-likeness (QED) is 0.781. The Morgan fingerprint density at radius 2 is 2.00 bits per heavy atom. The van der Waals surface area contributed by atoms with Gasteiger partial charge in [-0.2, -0.15) is 0 Å². The normalized spacial score (nSPS) is 20.1. The van der Waals surface area contributed by atoms with Crippen LogP contribution < -0.4 is 10.6 Å². The highest BCUT2D eigenvalue weighted by Crippen LogP contribution is 2.39. The van der Waals surface area contributed by atoms with Crippen LogP contribution in [0.15, 0.2) is 18.2 Å². The fraction of sp³-hybridized carbons (Fsp3) is 0.308. The summed E-state index contributed by atoms with van der Waals surface area (Å²) in [5, 5.41) is 14.0. The SMILES string of the molecule is CNC(=O)c1ccc(NC(=O)C2CC2C(=O)O)cc1Cl. The number of aliphatic carboxylic acids is 1. The second-order valence-electron chi connectivity index (χ2n) is 4.55. The topological polar surface area (TPSA) is 95.5 Å². The smallest absolute Gasteiger partial charge is 0.307 e. The summed E-state index contributed by atoms with van der Waals surface area (Å²) in [7, 11) is 1.49. The van der Waals surface area contributed by atoms with E-state index in [1.807, 2.05) is 0 Å². The van der Waals surface area contributed by atoms with Crippen LogP contribution in [0.5, 0.6) is 0 Å². The molecule has 1 fully saturated rings. The third-order valence-electron chi connectivity index (χ3n) is 3.15. The fourth-order valence-corrected chi connectivity index (χ4v) is 2.17. The number of carboxylic acids is 1. The monoisotopic (exact) mass is 296 g/mol. The molecule has 0 aliphatic heterocycles. The molecule has 0 bridgehead atoms. The molecule has 1 aromatic rings. The van der Waals surface area contributed by atoms with Crippen LogP contribution >= 0.6 is 11.6 Å². The predicted octanol–water partition coefficient (Wildman–Crippen LogP) is 1.36. The molecule has 1 aromatic carbocycles. The first-order chi connectivity index (χ1) is 9.43. The average Bonchev–Trinajstić information content (AvgIpc) is 3.18. The van der Waals surface area contributed by atoms with E-state index >= 15 is 0 Å². The molecule has 0 aromatic heterocycles. The highest BCUT2D eigenvalue weighted by atomic mass is 35.5. The number of carbonyl (C=O) groups excluding carboxylic acids is 2. The van der Waals surface area contributed by atoms with Crippen LogP contribution in [0, 0.1) is 11.8 Å². The van der Waals surface area contributed by atoms with Gasteiger partial charge >= 0.3 is 5.97 Å². The second-order valence-corrected chi connectivity index (χ2v) is 4.96. The molecule has 3 N–H and O–H groups in total. The zero-order valence-electron chi connectivity index (χ0n) is 10.6. The van der Waals surface area contributed by atoms with Gasteiger partial charge < -0.3 is 15.7 Å². The molecule has 0 spiro atoms. The van der Waals surface area contributed by atoms with Crippen LogP contribution in [0.2, 0.25) is 5.02 Å². The van der Waals surface area contributed by atoms with E-state index in [9.17, 15) is 14.4 Å². The summed E-state index contributed by atoms with van der Waals surface area (Å²) in [6, 6.07) is 4.51. The lowest BCUT2D eigenvalue weighted by molar-refractivity contribution is -0.139. The zero-order valence-corrected chi connectivity index (χ0v) is 11.4. The van der Waals surface area contributed by atoms with Gasteiger partial charge in [0.15, 0.2) is 0 Å². The standard InChI is InChI=1S/C13H13ClN2O4/c1-15-11(17)7-3-2-6(4-10(7)14)16-12(18)8-5-9(8)13(19)20/h2-4,8-9H,5H2,1H3,(H,15,17)(H,16,18)(H,19,20). The Bertz CT molecular complexity index is 588. The van der Waals surface area contributed by atoms with Gasteiger partial charge in [0.05, 0.1) is 22.4 Å². The maximum absolute atomic E-state index is 11.8. The summed E-state index contributed by atoms with van der Waals surface area (Å²) >= 11 is 5.95. The molecule has 106 valence electrons. The second kappa shape index (κ2) is 5.50. The molecule has 0 saturated heterocycles. The third kappa shape index (κ3) is 2.91. The largest absolute Gasteiger partial charge is 0.481 e. The first-order valence-electron chi connectivity index (χ1n) is 5.99. The van der Waals surface area contributed by atoms with E-state index in [0.717, 1.165) is 0 Å². The number of anilines is 1. The summed E-state index contributed by atoms with van der Waals surface area (Å²) in [6.45, 7) is 0. The number of hydrogen-bond acceptors (Lipinski definition) is 3. The molecular weight excluding hydrogens is 284 g/mol. The highest BCUT2D eigenvalue weighted by Gasteiger charge is 2.48. The van der Waals surface area contributed by atoms with Crippen molar-refractivity contribution < 1.29 is 19.5 Å². The Labute approximate surface area is 120 Å². The predicted molar refractivity (Wildman–Crippen MR) is 72.7 cm³/mol. The van der Waals surface area contributed by atoms with Gasteiger partial charge in [-0.1, -0.05) is 11.6 Å². The number of carboxylic acid groups (broad SMARTS) is 1. The Morgan fingerprint density at radius 3 is 2.50 bits per heavy atom. The van der Waals surface area contributed by atoms with Gasteiger partial charge in [-0.25, -0.2) is 0 Å². The van der Waals surface area contributed by atoms with Crippen LogP contribution in [0.3, 0.4) is 0 Å². The van der Waals surface area contributed by atoms with Crippen molar-refractivity contribution in [1.29, 1.82) is 0 Å². The molecule has 2 amide bonds. The van der Waals surface area contributed by atoms with Crippen LogP contribution in [-0.4, -0.2) is 29.9 Å². The summed E-state index contributed by atoms with van der Waals surface area (Å²) in [5.41, 5.74) is 0.741. The van der Waals surface area contributed by atoms with Crippen LogP contribution in [0.25, 0.3) is 0 Å². The minimum absolute atomic E-state index is 0.215. The first kappa shape index (κ1) is 14.3. The average molecular weight is 297 g/mol. The van der Waals surface area contributed by atoms with Crippen molar-refractivity contribution in [3.8, 4) is 0 Å². The fourth-order valence-electron chi connectivity index (χ4n) is 1.90. The van der Waals surface area contributed by atoms with Crippen molar-refractivity contribution in [2.75, 3.05) is 12.4 Å². The van der Waals surface area contributed by atoms with E-state index in [4.69, 9.17) is 16.7 Å². The molecule has 7 heteroatoms. The molecule has 20 heavy (non-hydrogen) atoms. The third-order valence-corrected chi connectivity index (χ3v) is 3.47. The van der Waals surface area contributed by atoms with Gasteiger partial charge in [0.1, 0.15) is 0 Å². The summed E-state index contributed by atoms with van der Waals surface area (Å²) in [4.78, 5) is 33.9. The molecular formula is C13H13ClN2O4. The van der Waals surface area contributed by atoms with E-state index < -0.39 is 17.8 Å². The van der Waals surface area contributed by atoms with Gasteiger partial charge in [-0.3, -0.25) is 14.4 Å². The molecule has 2 unspecified atom stereocenters. The number of benzene rings is 1. The van der Waals surface area contributed by atoms with Crippen molar-refractivity contribution in [2.24, 2.45) is 11.8 Å². The highest BCUT2D eigenvalue weighted by molar-refractivity contribution is 6.34. The van der Waals surface area contributed by atoms with Crippen molar-refractivity contribution in [3.05, 3.63) is 28.8 Å². The van der Waals surface area contributed by atoms with E-state index in [1.165, 1.54) is 19.2 Å². The van der Waals surface area contributed by atoms with Gasteiger partial charge in [-0.05, 0) is 24.6 Å². The van der Waals surface area contributed by atoms with Gasteiger partial charge in [0.25, 0.3) is 5.91 Å². The number of carbonyl (C=O) groups is 3. The maximum Gasteiger partial charge on any atom is 0.307 e. The minimum atomic E-state index is -0.960. The number of hydrogen-bond donors (Lipinski definition) is 3. The van der Waals surface area contributed by atoms with Crippen LogP contribution in [0.1, 0.15) is 16.8 Å². The molecule has 1 aliphatic carbocycles. The van der Waals surface area contributed by atoms with Crippen molar-refractivity contribution in [3.63, 3.8) is 0 Å². The number of halogens is 1. The molecule has 0 heterocycles. The molecule has 6 nitrogen and oxygen atoms in total. The van der Waals surface area contributed by atoms with Crippen molar-refractivity contribution in [2.45, 2.75) is 6.42 Å². The molecule has 1 saturated carbocycles. The first-order valence-corrected chi connectivity index (χ1v) is 6.37. The van der Waals surface area contributed by atoms with Crippen LogP contribution in [0.4, 0.5) is 5.69 Å². The van der Waals surface area contributed by atoms with Crippen molar-refractivity contribution in [1.82, 2.24) is 5.32 Å². The van der Waals surface area contributed by atoms with E-state index in [-0.39, 0.29) is 16.8 Å². The number of rotatable bonds is 4.